The maximum Gasteiger partial charge on any atom is 0.430 e. The van der Waals surface area contributed by atoms with Gasteiger partial charge in [-0.2, -0.15) is 13.2 Å². The van der Waals surface area contributed by atoms with Crippen molar-refractivity contribution < 1.29 is 52.0 Å². The Morgan fingerprint density at radius 3 is 2.29 bits per heavy atom. The van der Waals surface area contributed by atoms with Crippen LogP contribution in [0.5, 0.6) is 11.5 Å². The third kappa shape index (κ3) is 13.3. The first-order chi connectivity index (χ1) is 28.1. The largest absolute Gasteiger partial charge is 0.542 e. The van der Waals surface area contributed by atoms with Crippen LogP contribution in [0.15, 0.2) is 102 Å². The van der Waals surface area contributed by atoms with Gasteiger partial charge in [-0.1, -0.05) is 60.7 Å². The molecule has 1 saturated heterocycles. The molecule has 1 aromatic heterocycles. The van der Waals surface area contributed by atoms with Gasteiger partial charge in [-0.3, -0.25) is 10.1 Å². The number of phenolic OH excluding ortho intramolecular Hbond substituents is 1. The molecule has 0 spiro atoms. The maximum absolute atomic E-state index is 13.0. The standard InChI is InChI=1S/C42H48N4O6.C2HF3O2/c1-46(2)24-21-33(22-25-46)52-42(50)44-37-27-30(12-15-34(37)31-8-4-3-5-9-31)7-6-26-51-32-13-10-29(11-14-32)20-23-43-28-39(48)35-16-18-38(47)41-36(35)17-19-40(49)45-41;3-2(4,5)1(6)7/h3-5,8-19,27,33,39,43,48H,6-7,20-26,28H2,1-2H3,(H2-,44,45,47,49,50);(H,6,7)/t39-;/m0./s1. The second kappa shape index (κ2) is 20.2. The first-order valence-corrected chi connectivity index (χ1v) is 19.3. The molecular weight excluding hydrogens is 769 g/mol. The Labute approximate surface area is 339 Å². The third-order valence-corrected chi connectivity index (χ3v) is 10.0. The molecule has 1 aliphatic heterocycles. The number of halogens is 3. The zero-order chi connectivity index (χ0) is 42.6. The van der Waals surface area contributed by atoms with E-state index in [0.717, 1.165) is 83.4 Å². The first-order valence-electron chi connectivity index (χ1n) is 19.3. The molecule has 5 aromatic rings. The van der Waals surface area contributed by atoms with Gasteiger partial charge in [0.15, 0.2) is 0 Å². The number of anilines is 1. The van der Waals surface area contributed by atoms with Crippen molar-refractivity contribution in [1.82, 2.24) is 10.3 Å². The van der Waals surface area contributed by atoms with Gasteiger partial charge in [-0.25, -0.2) is 4.79 Å². The van der Waals surface area contributed by atoms with Crippen molar-refractivity contribution in [2.45, 2.75) is 50.5 Å². The Kier molecular flexibility index (Phi) is 15.1. The number of hydrogen-bond acceptors (Lipinski definition) is 9. The predicted molar refractivity (Wildman–Crippen MR) is 216 cm³/mol. The van der Waals surface area contributed by atoms with E-state index in [1.807, 2.05) is 60.7 Å². The lowest BCUT2D eigenvalue weighted by molar-refractivity contribution is -0.896. The number of carbonyl (C=O) groups excluding carboxylic acids is 2. The van der Waals surface area contributed by atoms with Gasteiger partial charge in [0.05, 0.1) is 51.1 Å². The number of amides is 1. The lowest BCUT2D eigenvalue weighted by Crippen LogP contribution is -2.48. The van der Waals surface area contributed by atoms with Gasteiger partial charge < -0.3 is 44.4 Å². The van der Waals surface area contributed by atoms with Crippen LogP contribution in [0.4, 0.5) is 23.7 Å². The number of aromatic nitrogens is 1. The first kappa shape index (κ1) is 44.2. The Balaban J connectivity index is 0.000000867. The molecule has 314 valence electrons. The second-order valence-corrected chi connectivity index (χ2v) is 15.0. The number of phenols is 1. The number of aliphatic carboxylic acids is 1. The number of H-pyrrole nitrogens is 1. The summed E-state index contributed by atoms with van der Waals surface area (Å²) in [4.78, 5) is 36.1. The molecule has 0 aliphatic carbocycles. The summed E-state index contributed by atoms with van der Waals surface area (Å²) in [5, 5.41) is 36.6. The highest BCUT2D eigenvalue weighted by Crippen LogP contribution is 2.31. The molecule has 0 bridgehead atoms. The molecule has 4 aromatic carbocycles. The minimum Gasteiger partial charge on any atom is -0.542 e. The quantitative estimate of drug-likeness (QED) is 0.0680. The number of aliphatic hydroxyl groups is 1. The van der Waals surface area contributed by atoms with Crippen LogP contribution in [0, 0.1) is 0 Å². The third-order valence-electron chi connectivity index (χ3n) is 10.0. The van der Waals surface area contributed by atoms with Crippen LogP contribution in [0.25, 0.3) is 22.0 Å². The molecule has 1 aliphatic rings. The molecule has 1 atom stereocenters. The van der Waals surface area contributed by atoms with Crippen molar-refractivity contribution in [1.29, 1.82) is 0 Å². The Hall–Kier alpha value is -5.90. The summed E-state index contributed by atoms with van der Waals surface area (Å²) < 4.78 is 44.4. The van der Waals surface area contributed by atoms with E-state index in [1.54, 1.807) is 12.1 Å². The summed E-state index contributed by atoms with van der Waals surface area (Å²) >= 11 is 0. The molecule has 2 heterocycles. The fourth-order valence-electron chi connectivity index (χ4n) is 6.72. The van der Waals surface area contributed by atoms with Gasteiger partial charge >= 0.3 is 12.3 Å². The van der Waals surface area contributed by atoms with Crippen LogP contribution in [-0.4, -0.2) is 90.9 Å². The van der Waals surface area contributed by atoms with Crippen LogP contribution in [0.3, 0.4) is 0 Å². The molecule has 1 amide bonds. The topological polar surface area (TPSA) is 173 Å². The average molecular weight is 819 g/mol. The number of piperidine rings is 1. The molecule has 12 nitrogen and oxygen atoms in total. The molecule has 5 N–H and O–H groups in total. The number of aromatic amines is 1. The lowest BCUT2D eigenvalue weighted by Gasteiger charge is -2.36. The fraction of sp³-hybridized carbons (Fsp3) is 0.341. The molecule has 0 radical (unpaired) electrons. The average Bonchev–Trinajstić information content (AvgIpc) is 3.20. The van der Waals surface area contributed by atoms with Crippen LogP contribution in [0.1, 0.15) is 42.1 Å². The van der Waals surface area contributed by atoms with Crippen molar-refractivity contribution in [2.24, 2.45) is 0 Å². The van der Waals surface area contributed by atoms with Crippen molar-refractivity contribution >= 4 is 28.7 Å². The van der Waals surface area contributed by atoms with Crippen LogP contribution in [0.2, 0.25) is 0 Å². The molecule has 59 heavy (non-hydrogen) atoms. The Morgan fingerprint density at radius 1 is 0.932 bits per heavy atom. The number of nitrogens with one attached hydrogen (secondary N) is 3. The fourth-order valence-corrected chi connectivity index (χ4v) is 6.72. The number of benzene rings is 4. The highest BCUT2D eigenvalue weighted by Gasteiger charge is 2.29. The van der Waals surface area contributed by atoms with Crippen LogP contribution >= 0.6 is 0 Å². The van der Waals surface area contributed by atoms with Gasteiger partial charge in [-0.05, 0) is 78.4 Å². The molecule has 0 saturated carbocycles. The van der Waals surface area contributed by atoms with Gasteiger partial charge in [-0.15, -0.1) is 0 Å². The van der Waals surface area contributed by atoms with E-state index in [9.17, 15) is 33.0 Å². The maximum atomic E-state index is 13.0. The number of pyridine rings is 1. The molecule has 1 fully saturated rings. The Morgan fingerprint density at radius 2 is 1.61 bits per heavy atom. The van der Waals surface area contributed by atoms with E-state index in [-0.39, 0.29) is 17.4 Å². The van der Waals surface area contributed by atoms with Crippen LogP contribution in [-0.2, 0) is 22.4 Å². The van der Waals surface area contributed by atoms with Crippen molar-refractivity contribution in [2.75, 3.05) is 52.2 Å². The van der Waals surface area contributed by atoms with Crippen molar-refractivity contribution in [3.8, 4) is 22.6 Å². The molecular formula is C44H49F3N4O8. The number of carboxylic acids is 1. The smallest absolute Gasteiger partial charge is 0.430 e. The number of carboxylic acid groups (broad SMARTS) is 1. The van der Waals surface area contributed by atoms with E-state index >= 15 is 0 Å². The summed E-state index contributed by atoms with van der Waals surface area (Å²) in [5.74, 6) is -2.23. The molecule has 0 unspecified atom stereocenters. The number of ether oxygens (including phenoxy) is 2. The van der Waals surface area contributed by atoms with Crippen molar-refractivity contribution in [3.63, 3.8) is 0 Å². The number of alkyl halides is 3. The summed E-state index contributed by atoms with van der Waals surface area (Å²) in [6.45, 7) is 3.54. The molecule has 15 heteroatoms. The van der Waals surface area contributed by atoms with Crippen molar-refractivity contribution in [3.05, 3.63) is 124 Å². The number of aromatic hydroxyl groups is 1. The van der Waals surface area contributed by atoms with E-state index < -0.39 is 24.3 Å². The zero-order valence-corrected chi connectivity index (χ0v) is 32.9. The number of rotatable bonds is 14. The van der Waals surface area contributed by atoms with Gasteiger partial charge in [0.1, 0.15) is 23.6 Å². The lowest BCUT2D eigenvalue weighted by atomic mass is 10.00. The summed E-state index contributed by atoms with van der Waals surface area (Å²) in [5.41, 5.74) is 5.63. The number of quaternary nitrogens is 1. The number of carbonyl (C=O) groups is 2. The number of aliphatic hydroxyl groups excluding tert-OH is 1. The van der Waals surface area contributed by atoms with Crippen LogP contribution < -0.4 is 26.0 Å². The summed E-state index contributed by atoms with van der Waals surface area (Å²) in [7, 11) is 4.42. The second-order valence-electron chi connectivity index (χ2n) is 15.0. The highest BCUT2D eigenvalue weighted by molar-refractivity contribution is 5.92. The normalized spacial score (nSPS) is 14.5. The Bertz CT molecular complexity index is 2220. The predicted octanol–water partition coefficient (Wildman–Crippen LogP) is 5.86. The molecule has 6 rings (SSSR count). The SMILES string of the molecule is C[N+]1(C)CCC(OC(=O)Nc2cc(CCCOc3ccc(CCNC[C@H](O)c4ccc(O)c5[nH]c(=O)ccc45)cc3)ccc2-c2ccccc2)CC1.O=C([O-])C(F)(F)F. The summed E-state index contributed by atoms with van der Waals surface area (Å²) in [6, 6.07) is 30.5. The van der Waals surface area contributed by atoms with E-state index in [0.29, 0.717) is 36.2 Å². The minimum atomic E-state index is -5.19. The number of nitrogens with zero attached hydrogens (tertiary/aromatic N) is 1. The number of fused-ring (bicyclic) bond motifs is 1. The van der Waals surface area contributed by atoms with Gasteiger partial charge in [0.25, 0.3) is 0 Å². The monoisotopic (exact) mass is 818 g/mol. The number of hydrogen-bond donors (Lipinski definition) is 5. The van der Waals surface area contributed by atoms with Gasteiger partial charge in [0.2, 0.25) is 5.56 Å². The number of aryl methyl sites for hydroxylation is 1. The minimum absolute atomic E-state index is 0.0295. The number of likely N-dealkylation sites (tertiary alicyclic amines) is 1. The van der Waals surface area contributed by atoms with E-state index in [4.69, 9.17) is 19.4 Å². The zero-order valence-electron chi connectivity index (χ0n) is 32.9. The van der Waals surface area contributed by atoms with E-state index in [1.165, 1.54) is 12.1 Å². The van der Waals surface area contributed by atoms with Gasteiger partial charge in [0, 0.05) is 36.4 Å². The highest BCUT2D eigenvalue weighted by atomic mass is 19.4. The van der Waals surface area contributed by atoms with E-state index in [2.05, 4.69) is 41.8 Å². The summed E-state index contributed by atoms with van der Waals surface area (Å²) in [6.07, 6.45) is -2.36.